The fourth-order valence-corrected chi connectivity index (χ4v) is 1.99. The van der Waals surface area contributed by atoms with E-state index in [1.165, 1.54) is 0 Å². The third-order valence-electron chi connectivity index (χ3n) is 1.47. The minimum Gasteiger partial charge on any atom is -0.273 e. The number of hydrogen-bond donors (Lipinski definition) is 0. The van der Waals surface area contributed by atoms with Gasteiger partial charge in [-0.1, -0.05) is 0 Å². The van der Waals surface area contributed by atoms with Gasteiger partial charge in [-0.15, -0.1) is 0 Å². The second kappa shape index (κ2) is 4.01. The number of nitrogens with zero attached hydrogens (tertiary/aromatic N) is 2. The van der Waals surface area contributed by atoms with Gasteiger partial charge in [-0.05, 0) is 23.9 Å². The fourth-order valence-electron chi connectivity index (χ4n) is 0.929. The number of urea groups is 1. The zero-order chi connectivity index (χ0) is 10.0. The molecule has 1 saturated heterocycles. The molecule has 0 atom stereocenters. The molecule has 0 aromatic heterocycles. The van der Waals surface area contributed by atoms with Crippen LogP contribution < -0.4 is 0 Å². The third-order valence-corrected chi connectivity index (χ3v) is 2.92. The quantitative estimate of drug-likeness (QED) is 0.507. The standard InChI is InChI=1S/C6H8N2O3S2/c1-12-7-4(9)3-5(10)8(13-2)6(7)11/h3H2,1-2H3. The topological polar surface area (TPSA) is 57.7 Å². The second-order valence-electron chi connectivity index (χ2n) is 2.20. The summed E-state index contributed by atoms with van der Waals surface area (Å²) in [5.41, 5.74) is 0. The van der Waals surface area contributed by atoms with Gasteiger partial charge in [0.15, 0.2) is 0 Å². The molecule has 0 aliphatic carbocycles. The van der Waals surface area contributed by atoms with Crippen molar-refractivity contribution in [3.63, 3.8) is 0 Å². The van der Waals surface area contributed by atoms with Crippen LogP contribution in [0.4, 0.5) is 4.79 Å². The van der Waals surface area contributed by atoms with Crippen LogP contribution >= 0.6 is 23.9 Å². The maximum absolute atomic E-state index is 11.4. The van der Waals surface area contributed by atoms with Crippen molar-refractivity contribution in [1.29, 1.82) is 0 Å². The van der Waals surface area contributed by atoms with Crippen LogP contribution in [0, 0.1) is 0 Å². The average Bonchev–Trinajstić information content (AvgIpc) is 2.04. The SMILES string of the molecule is CSN1C(=O)CC(=O)N(SC)C1=O. The van der Waals surface area contributed by atoms with Gasteiger partial charge in [0.2, 0.25) is 11.8 Å². The van der Waals surface area contributed by atoms with Gasteiger partial charge in [0.05, 0.1) is 0 Å². The Bertz CT molecular complexity index is 245. The van der Waals surface area contributed by atoms with Gasteiger partial charge in [-0.25, -0.2) is 13.4 Å². The van der Waals surface area contributed by atoms with E-state index in [0.29, 0.717) is 0 Å². The molecule has 1 rings (SSSR count). The van der Waals surface area contributed by atoms with Gasteiger partial charge < -0.3 is 0 Å². The normalized spacial score (nSPS) is 18.5. The lowest BCUT2D eigenvalue weighted by molar-refractivity contribution is -0.135. The van der Waals surface area contributed by atoms with Gasteiger partial charge in [-0.2, -0.15) is 0 Å². The maximum atomic E-state index is 11.4. The number of amides is 4. The Kier molecular flexibility index (Phi) is 3.21. The van der Waals surface area contributed by atoms with Crippen molar-refractivity contribution in [1.82, 2.24) is 8.61 Å². The number of carbonyl (C=O) groups excluding carboxylic acids is 3. The molecule has 0 aromatic carbocycles. The Balaban J connectivity index is 2.87. The first-order chi connectivity index (χ1) is 6.11. The average molecular weight is 220 g/mol. The molecule has 72 valence electrons. The van der Waals surface area contributed by atoms with Crippen LogP contribution in [0.1, 0.15) is 6.42 Å². The molecule has 0 spiro atoms. The maximum Gasteiger partial charge on any atom is 0.354 e. The van der Waals surface area contributed by atoms with E-state index in [0.717, 1.165) is 32.5 Å². The number of rotatable bonds is 2. The van der Waals surface area contributed by atoms with Crippen LogP contribution in [-0.4, -0.2) is 39.0 Å². The van der Waals surface area contributed by atoms with Crippen molar-refractivity contribution in [2.75, 3.05) is 12.5 Å². The van der Waals surface area contributed by atoms with Crippen LogP contribution in [0.5, 0.6) is 0 Å². The monoisotopic (exact) mass is 220 g/mol. The molecule has 13 heavy (non-hydrogen) atoms. The fraction of sp³-hybridized carbons (Fsp3) is 0.500. The van der Waals surface area contributed by atoms with Gasteiger partial charge in [0.1, 0.15) is 6.42 Å². The molecule has 0 bridgehead atoms. The molecule has 0 radical (unpaired) electrons. The van der Waals surface area contributed by atoms with Crippen molar-refractivity contribution >= 4 is 41.7 Å². The van der Waals surface area contributed by atoms with Crippen LogP contribution in [0.3, 0.4) is 0 Å². The molecule has 0 N–H and O–H groups in total. The summed E-state index contributed by atoms with van der Waals surface area (Å²) in [6.45, 7) is 0. The first-order valence-corrected chi connectivity index (χ1v) is 5.76. The van der Waals surface area contributed by atoms with Crippen molar-refractivity contribution in [2.24, 2.45) is 0 Å². The predicted molar refractivity (Wildman–Crippen MR) is 50.7 cm³/mol. The van der Waals surface area contributed by atoms with Gasteiger partial charge in [-0.3, -0.25) is 9.59 Å². The molecule has 0 aromatic rings. The lowest BCUT2D eigenvalue weighted by Crippen LogP contribution is -2.48. The van der Waals surface area contributed by atoms with Crippen molar-refractivity contribution in [3.05, 3.63) is 0 Å². The van der Waals surface area contributed by atoms with E-state index in [1.54, 1.807) is 12.5 Å². The van der Waals surface area contributed by atoms with Crippen molar-refractivity contribution < 1.29 is 14.4 Å². The van der Waals surface area contributed by atoms with E-state index in [9.17, 15) is 14.4 Å². The van der Waals surface area contributed by atoms with Crippen molar-refractivity contribution in [3.8, 4) is 0 Å². The summed E-state index contributed by atoms with van der Waals surface area (Å²) in [6, 6.07) is -0.568. The van der Waals surface area contributed by atoms with E-state index >= 15 is 0 Å². The van der Waals surface area contributed by atoms with E-state index in [-0.39, 0.29) is 6.42 Å². The summed E-state index contributed by atoms with van der Waals surface area (Å²) < 4.78 is 1.97. The van der Waals surface area contributed by atoms with Gasteiger partial charge in [0, 0.05) is 12.5 Å². The van der Waals surface area contributed by atoms with Gasteiger partial charge in [0.25, 0.3) is 0 Å². The zero-order valence-electron chi connectivity index (χ0n) is 7.14. The number of carbonyl (C=O) groups is 3. The van der Waals surface area contributed by atoms with E-state index in [4.69, 9.17) is 0 Å². The van der Waals surface area contributed by atoms with Crippen LogP contribution in [0.25, 0.3) is 0 Å². The lowest BCUT2D eigenvalue weighted by Gasteiger charge is -2.28. The molecule has 4 amide bonds. The second-order valence-corrected chi connectivity index (χ2v) is 3.66. The van der Waals surface area contributed by atoms with Crippen molar-refractivity contribution in [2.45, 2.75) is 6.42 Å². The number of hydrogen-bond acceptors (Lipinski definition) is 5. The van der Waals surface area contributed by atoms with Gasteiger partial charge >= 0.3 is 6.03 Å². The Hall–Kier alpha value is -0.690. The van der Waals surface area contributed by atoms with Crippen LogP contribution in [0.15, 0.2) is 0 Å². The largest absolute Gasteiger partial charge is 0.354 e. The minimum absolute atomic E-state index is 0.229. The summed E-state index contributed by atoms with van der Waals surface area (Å²) in [6.07, 6.45) is 3.00. The van der Waals surface area contributed by atoms with E-state index < -0.39 is 17.8 Å². The summed E-state index contributed by atoms with van der Waals surface area (Å²) >= 11 is 2.02. The molecule has 1 fully saturated rings. The zero-order valence-corrected chi connectivity index (χ0v) is 8.78. The highest BCUT2D eigenvalue weighted by Crippen LogP contribution is 2.22. The van der Waals surface area contributed by atoms with E-state index in [1.807, 2.05) is 0 Å². The number of imide groups is 2. The molecule has 1 aliphatic rings. The third kappa shape index (κ3) is 1.80. The minimum atomic E-state index is -0.568. The Labute approximate surface area is 84.1 Å². The molecular formula is C6H8N2O3S2. The summed E-state index contributed by atoms with van der Waals surface area (Å²) in [4.78, 5) is 33.6. The summed E-state index contributed by atoms with van der Waals surface area (Å²) in [5, 5.41) is 0. The molecule has 7 heteroatoms. The molecule has 1 heterocycles. The molecule has 1 aliphatic heterocycles. The number of barbiturate groups is 1. The predicted octanol–water partition coefficient (Wildman–Crippen LogP) is 0.723. The first-order valence-electron chi connectivity index (χ1n) is 3.40. The smallest absolute Gasteiger partial charge is 0.273 e. The highest BCUT2D eigenvalue weighted by Gasteiger charge is 2.37. The Morgan fingerprint density at radius 2 is 1.38 bits per heavy atom. The molecular weight excluding hydrogens is 212 g/mol. The first kappa shape index (κ1) is 10.4. The summed E-state index contributed by atoms with van der Waals surface area (Å²) in [7, 11) is 0. The van der Waals surface area contributed by atoms with Crippen LogP contribution in [0.2, 0.25) is 0 Å². The Morgan fingerprint density at radius 1 is 1.00 bits per heavy atom. The summed E-state index contributed by atoms with van der Waals surface area (Å²) in [5.74, 6) is -0.902. The molecule has 0 saturated carbocycles. The van der Waals surface area contributed by atoms with E-state index in [2.05, 4.69) is 0 Å². The highest BCUT2D eigenvalue weighted by molar-refractivity contribution is 7.98. The lowest BCUT2D eigenvalue weighted by atomic mass is 10.3. The highest BCUT2D eigenvalue weighted by atomic mass is 32.2. The molecule has 5 nitrogen and oxygen atoms in total. The van der Waals surface area contributed by atoms with Crippen LogP contribution in [-0.2, 0) is 9.59 Å². The Morgan fingerprint density at radius 3 is 1.69 bits per heavy atom. The molecule has 0 unspecified atom stereocenters.